The maximum Gasteiger partial charge on any atom is 0.261 e. The molecule has 5 heteroatoms. The summed E-state index contributed by atoms with van der Waals surface area (Å²) in [5.41, 5.74) is 4.06. The minimum atomic E-state index is -0.0454. The van der Waals surface area contributed by atoms with Crippen molar-refractivity contribution in [1.82, 2.24) is 19.9 Å². The number of rotatable bonds is 3. The third-order valence-electron chi connectivity index (χ3n) is 5.14. The van der Waals surface area contributed by atoms with Crippen LogP contribution in [0.25, 0.3) is 16.5 Å². The number of nitrogens with zero attached hydrogens (tertiary/aromatic N) is 3. The SMILES string of the molecule is O=c1c2ccncc2ncn1Cc1ccc(C2=CC3C=CNC3C=C2)cc1. The number of hydrogen-bond acceptors (Lipinski definition) is 4. The highest BCUT2D eigenvalue weighted by Crippen LogP contribution is 2.28. The number of allylic oxidation sites excluding steroid dienone is 2. The lowest BCUT2D eigenvalue weighted by Crippen LogP contribution is -2.24. The second-order valence-corrected chi connectivity index (χ2v) is 6.88. The van der Waals surface area contributed by atoms with E-state index in [0.717, 1.165) is 5.56 Å². The summed E-state index contributed by atoms with van der Waals surface area (Å²) in [5.74, 6) is 0.418. The van der Waals surface area contributed by atoms with Gasteiger partial charge in [-0.05, 0) is 29.0 Å². The first-order chi connectivity index (χ1) is 13.3. The molecule has 5 nitrogen and oxygen atoms in total. The zero-order chi connectivity index (χ0) is 18.2. The third kappa shape index (κ3) is 2.87. The standard InChI is InChI=1S/C22H18N4O/c27-22-19-8-9-23-12-21(19)25-14-26(22)13-15-1-3-16(4-2-15)17-5-6-20-18(11-17)7-10-24-20/h1-12,14,18,20,24H,13H2. The Morgan fingerprint density at radius 1 is 1.11 bits per heavy atom. The Bertz CT molecular complexity index is 1150. The minimum Gasteiger partial charge on any atom is -0.384 e. The van der Waals surface area contributed by atoms with Gasteiger partial charge in [0.05, 0.1) is 36.0 Å². The van der Waals surface area contributed by atoms with Crippen molar-refractivity contribution in [2.45, 2.75) is 12.6 Å². The molecule has 1 N–H and O–H groups in total. The molecule has 3 heterocycles. The Morgan fingerprint density at radius 2 is 2.00 bits per heavy atom. The molecule has 1 aliphatic carbocycles. The van der Waals surface area contributed by atoms with Crippen LogP contribution in [0.5, 0.6) is 0 Å². The van der Waals surface area contributed by atoms with Gasteiger partial charge in [-0.3, -0.25) is 14.3 Å². The van der Waals surface area contributed by atoms with Crippen molar-refractivity contribution in [2.24, 2.45) is 5.92 Å². The molecule has 2 aliphatic rings. The Labute approximate surface area is 156 Å². The molecule has 0 saturated carbocycles. The van der Waals surface area contributed by atoms with Gasteiger partial charge < -0.3 is 5.32 Å². The lowest BCUT2D eigenvalue weighted by atomic mass is 9.90. The fourth-order valence-electron chi connectivity index (χ4n) is 3.64. The van der Waals surface area contributed by atoms with Gasteiger partial charge in [0.1, 0.15) is 0 Å². The summed E-state index contributed by atoms with van der Waals surface area (Å²) in [7, 11) is 0. The molecule has 2 unspecified atom stereocenters. The number of aromatic nitrogens is 3. The van der Waals surface area contributed by atoms with Gasteiger partial charge in [-0.25, -0.2) is 4.98 Å². The minimum absolute atomic E-state index is 0.0454. The van der Waals surface area contributed by atoms with Crippen LogP contribution in [-0.2, 0) is 6.54 Å². The summed E-state index contributed by atoms with van der Waals surface area (Å²) < 4.78 is 1.64. The van der Waals surface area contributed by atoms with Crippen LogP contribution in [-0.4, -0.2) is 20.6 Å². The van der Waals surface area contributed by atoms with Gasteiger partial charge in [-0.15, -0.1) is 0 Å². The van der Waals surface area contributed by atoms with Gasteiger partial charge in [0.25, 0.3) is 5.56 Å². The fraction of sp³-hybridized carbons (Fsp3) is 0.136. The lowest BCUT2D eigenvalue weighted by Gasteiger charge is -2.19. The zero-order valence-corrected chi connectivity index (χ0v) is 14.6. The molecule has 0 bridgehead atoms. The number of benzene rings is 1. The monoisotopic (exact) mass is 354 g/mol. The van der Waals surface area contributed by atoms with E-state index in [0.29, 0.717) is 29.4 Å². The van der Waals surface area contributed by atoms with E-state index < -0.39 is 0 Å². The Hall–Kier alpha value is -3.47. The second kappa shape index (κ2) is 6.36. The smallest absolute Gasteiger partial charge is 0.261 e. The number of nitrogens with one attached hydrogen (secondary N) is 1. The van der Waals surface area contributed by atoms with Crippen LogP contribution < -0.4 is 10.9 Å². The van der Waals surface area contributed by atoms with Crippen LogP contribution in [0.15, 0.2) is 84.4 Å². The summed E-state index contributed by atoms with van der Waals surface area (Å²) >= 11 is 0. The Balaban J connectivity index is 1.40. The summed E-state index contributed by atoms with van der Waals surface area (Å²) in [4.78, 5) is 21.0. The largest absolute Gasteiger partial charge is 0.384 e. The molecule has 27 heavy (non-hydrogen) atoms. The van der Waals surface area contributed by atoms with Crippen molar-refractivity contribution in [3.63, 3.8) is 0 Å². The molecule has 1 aromatic carbocycles. The summed E-state index contributed by atoms with van der Waals surface area (Å²) in [5, 5.41) is 3.92. The lowest BCUT2D eigenvalue weighted by molar-refractivity contribution is 0.651. The number of fused-ring (bicyclic) bond motifs is 2. The van der Waals surface area contributed by atoms with E-state index in [2.05, 4.69) is 63.9 Å². The highest BCUT2D eigenvalue weighted by Gasteiger charge is 2.21. The van der Waals surface area contributed by atoms with Gasteiger partial charge >= 0.3 is 0 Å². The molecule has 1 aliphatic heterocycles. The predicted molar refractivity (Wildman–Crippen MR) is 106 cm³/mol. The molecule has 0 amide bonds. The van der Waals surface area contributed by atoms with Crippen molar-refractivity contribution < 1.29 is 0 Å². The van der Waals surface area contributed by atoms with Crippen LogP contribution in [0, 0.1) is 5.92 Å². The summed E-state index contributed by atoms with van der Waals surface area (Å²) in [6.45, 7) is 0.497. The third-order valence-corrected chi connectivity index (χ3v) is 5.14. The molecule has 5 rings (SSSR count). The molecule has 132 valence electrons. The van der Waals surface area contributed by atoms with Gasteiger partial charge in [-0.1, -0.05) is 48.6 Å². The molecule has 0 fully saturated rings. The van der Waals surface area contributed by atoms with Gasteiger partial charge in [-0.2, -0.15) is 0 Å². The van der Waals surface area contributed by atoms with E-state index in [1.807, 2.05) is 6.20 Å². The average Bonchev–Trinajstić information content (AvgIpc) is 3.19. The second-order valence-electron chi connectivity index (χ2n) is 6.88. The van der Waals surface area contributed by atoms with E-state index in [1.54, 1.807) is 29.4 Å². The van der Waals surface area contributed by atoms with E-state index in [9.17, 15) is 4.79 Å². The van der Waals surface area contributed by atoms with E-state index >= 15 is 0 Å². The molecule has 2 aromatic heterocycles. The molecular weight excluding hydrogens is 336 g/mol. The van der Waals surface area contributed by atoms with Crippen LogP contribution in [0.3, 0.4) is 0 Å². The zero-order valence-electron chi connectivity index (χ0n) is 14.6. The maximum absolute atomic E-state index is 12.6. The predicted octanol–water partition coefficient (Wildman–Crippen LogP) is 2.89. The van der Waals surface area contributed by atoms with Crippen LogP contribution >= 0.6 is 0 Å². The van der Waals surface area contributed by atoms with Crippen LogP contribution in [0.1, 0.15) is 11.1 Å². The first kappa shape index (κ1) is 15.8. The summed E-state index contributed by atoms with van der Waals surface area (Å²) in [6.07, 6.45) is 15.7. The van der Waals surface area contributed by atoms with Crippen molar-refractivity contribution >= 4 is 16.5 Å². The average molecular weight is 354 g/mol. The van der Waals surface area contributed by atoms with E-state index in [4.69, 9.17) is 0 Å². The highest BCUT2D eigenvalue weighted by atomic mass is 16.1. The first-order valence-electron chi connectivity index (χ1n) is 8.99. The van der Waals surface area contributed by atoms with Gasteiger partial charge in [0, 0.05) is 12.1 Å². The highest BCUT2D eigenvalue weighted by molar-refractivity contribution is 5.76. The van der Waals surface area contributed by atoms with Crippen LogP contribution in [0.4, 0.5) is 0 Å². The first-order valence-corrected chi connectivity index (χ1v) is 8.99. The van der Waals surface area contributed by atoms with Crippen LogP contribution in [0.2, 0.25) is 0 Å². The topological polar surface area (TPSA) is 59.8 Å². The van der Waals surface area contributed by atoms with Gasteiger partial charge in [0.2, 0.25) is 0 Å². The Kier molecular flexibility index (Phi) is 3.71. The normalized spacial score (nSPS) is 20.4. The van der Waals surface area contributed by atoms with E-state index in [-0.39, 0.29) is 5.56 Å². The van der Waals surface area contributed by atoms with Gasteiger partial charge in [0.15, 0.2) is 0 Å². The van der Waals surface area contributed by atoms with Crippen molar-refractivity contribution in [3.8, 4) is 0 Å². The molecule has 0 saturated heterocycles. The van der Waals surface area contributed by atoms with Crippen molar-refractivity contribution in [1.29, 1.82) is 0 Å². The van der Waals surface area contributed by atoms with E-state index in [1.165, 1.54) is 11.1 Å². The molecule has 3 aromatic rings. The molecule has 0 radical (unpaired) electrons. The number of hydrogen-bond donors (Lipinski definition) is 1. The molecular formula is C22H18N4O. The number of pyridine rings is 1. The quantitative estimate of drug-likeness (QED) is 0.786. The summed E-state index contributed by atoms with van der Waals surface area (Å²) in [6, 6.07) is 10.5. The molecule has 0 spiro atoms. The fourth-order valence-corrected chi connectivity index (χ4v) is 3.64. The Morgan fingerprint density at radius 3 is 2.89 bits per heavy atom. The maximum atomic E-state index is 12.6. The van der Waals surface area contributed by atoms with Crippen molar-refractivity contribution in [3.05, 3.63) is 101 Å². The van der Waals surface area contributed by atoms with Crippen molar-refractivity contribution in [2.75, 3.05) is 0 Å². The molecule has 2 atom stereocenters.